The number of nitrogens with two attached hydrogens (primary N) is 1. The molecular formula is C19H27IN4S. The van der Waals surface area contributed by atoms with E-state index in [4.69, 9.17) is 5.73 Å². The molecule has 1 aliphatic carbocycles. The second-order valence-electron chi connectivity index (χ2n) is 6.54. The minimum absolute atomic E-state index is 0. The highest BCUT2D eigenvalue weighted by Gasteiger charge is 2.15. The first kappa shape index (κ1) is 20.2. The van der Waals surface area contributed by atoms with E-state index in [-0.39, 0.29) is 30.0 Å². The minimum Gasteiger partial charge on any atom is -0.370 e. The molecule has 6 heteroatoms. The predicted molar refractivity (Wildman–Crippen MR) is 119 cm³/mol. The fourth-order valence-electron chi connectivity index (χ4n) is 3.29. The van der Waals surface area contributed by atoms with Crippen LogP contribution in [0.3, 0.4) is 0 Å². The number of aryl methyl sites for hydroxylation is 1. The molecule has 136 valence electrons. The summed E-state index contributed by atoms with van der Waals surface area (Å²) in [6, 6.07) is 8.84. The van der Waals surface area contributed by atoms with Crippen LogP contribution in [0.1, 0.15) is 35.6 Å². The number of rotatable bonds is 5. The van der Waals surface area contributed by atoms with Crippen LogP contribution in [0, 0.1) is 0 Å². The Morgan fingerprint density at radius 2 is 2.08 bits per heavy atom. The van der Waals surface area contributed by atoms with Crippen molar-refractivity contribution in [2.45, 2.75) is 31.7 Å². The molecule has 3 N–H and O–H groups in total. The van der Waals surface area contributed by atoms with Crippen molar-refractivity contribution in [3.8, 4) is 0 Å². The third-order valence-electron chi connectivity index (χ3n) is 4.64. The molecule has 1 unspecified atom stereocenters. The Hall–Kier alpha value is -1.12. The Kier molecular flexibility index (Phi) is 7.71. The Labute approximate surface area is 171 Å². The molecule has 0 aliphatic heterocycles. The van der Waals surface area contributed by atoms with E-state index in [0.717, 1.165) is 12.1 Å². The van der Waals surface area contributed by atoms with Gasteiger partial charge in [-0.25, -0.2) is 0 Å². The van der Waals surface area contributed by atoms with Crippen LogP contribution < -0.4 is 11.1 Å². The van der Waals surface area contributed by atoms with Gasteiger partial charge in [0.05, 0.1) is 12.6 Å². The van der Waals surface area contributed by atoms with E-state index in [2.05, 4.69) is 64.3 Å². The van der Waals surface area contributed by atoms with E-state index in [1.165, 1.54) is 36.0 Å². The molecule has 2 aromatic rings. The van der Waals surface area contributed by atoms with Crippen molar-refractivity contribution in [1.82, 2.24) is 4.90 Å². The lowest BCUT2D eigenvalue weighted by atomic mass is 9.90. The van der Waals surface area contributed by atoms with E-state index >= 15 is 0 Å². The summed E-state index contributed by atoms with van der Waals surface area (Å²) in [7, 11) is 4.16. The molecule has 1 aromatic heterocycles. The fraction of sp³-hybridized carbons (Fsp3) is 0.421. The van der Waals surface area contributed by atoms with Gasteiger partial charge in [0.25, 0.3) is 0 Å². The van der Waals surface area contributed by atoms with Crippen LogP contribution in [-0.4, -0.2) is 31.5 Å². The summed E-state index contributed by atoms with van der Waals surface area (Å²) in [5.74, 6) is 0.496. The number of nitrogens with zero attached hydrogens (tertiary/aromatic N) is 2. The van der Waals surface area contributed by atoms with Gasteiger partial charge in [0.2, 0.25) is 0 Å². The highest BCUT2D eigenvalue weighted by Crippen LogP contribution is 2.27. The van der Waals surface area contributed by atoms with Gasteiger partial charge >= 0.3 is 0 Å². The standard InChI is InChI=1S/C19H26N4S.HI/c1-23(2)18(15-10-11-24-13-15)12-21-19(20)22-17-9-5-7-14-6-3-4-8-16(14)17;/h5,7,9-11,13,18H,3-4,6,8,12H2,1-2H3,(H3,20,21,22);1H. The number of aliphatic imine (C=N–C) groups is 1. The molecule has 1 heterocycles. The number of anilines is 1. The third kappa shape index (κ3) is 5.18. The fourth-order valence-corrected chi connectivity index (χ4v) is 4.00. The van der Waals surface area contributed by atoms with Gasteiger partial charge in [-0.3, -0.25) is 4.99 Å². The first-order chi connectivity index (χ1) is 11.6. The zero-order valence-electron chi connectivity index (χ0n) is 14.9. The normalized spacial score (nSPS) is 15.4. The number of nitrogens with one attached hydrogen (secondary N) is 1. The number of benzene rings is 1. The largest absolute Gasteiger partial charge is 0.370 e. The van der Waals surface area contributed by atoms with Crippen LogP contribution in [0.25, 0.3) is 0 Å². The summed E-state index contributed by atoms with van der Waals surface area (Å²) in [5, 5.41) is 7.60. The van der Waals surface area contributed by atoms with Crippen LogP contribution >= 0.6 is 35.3 Å². The number of likely N-dealkylation sites (N-methyl/N-ethyl adjacent to an activating group) is 1. The molecule has 0 saturated carbocycles. The van der Waals surface area contributed by atoms with E-state index in [0.29, 0.717) is 12.5 Å². The lowest BCUT2D eigenvalue weighted by molar-refractivity contribution is 0.307. The van der Waals surface area contributed by atoms with Crippen molar-refractivity contribution in [2.75, 3.05) is 26.0 Å². The van der Waals surface area contributed by atoms with E-state index in [1.807, 2.05) is 0 Å². The molecule has 0 spiro atoms. The molecule has 0 bridgehead atoms. The predicted octanol–water partition coefficient (Wildman–Crippen LogP) is 4.27. The lowest BCUT2D eigenvalue weighted by Crippen LogP contribution is -2.27. The Bertz CT molecular complexity index is 697. The summed E-state index contributed by atoms with van der Waals surface area (Å²) in [6.07, 6.45) is 4.83. The van der Waals surface area contributed by atoms with Crippen LogP contribution in [0.4, 0.5) is 5.69 Å². The van der Waals surface area contributed by atoms with Crippen molar-refractivity contribution >= 4 is 47.0 Å². The van der Waals surface area contributed by atoms with Crippen LogP contribution in [0.5, 0.6) is 0 Å². The summed E-state index contributed by atoms with van der Waals surface area (Å²) in [6.45, 7) is 0.650. The molecule has 1 atom stereocenters. The van der Waals surface area contributed by atoms with Crippen LogP contribution in [0.15, 0.2) is 40.0 Å². The molecule has 0 fully saturated rings. The Morgan fingerprint density at radius 3 is 2.80 bits per heavy atom. The molecule has 1 aromatic carbocycles. The molecule has 3 rings (SSSR count). The summed E-state index contributed by atoms with van der Waals surface area (Å²) < 4.78 is 0. The molecule has 1 aliphatic rings. The Balaban J connectivity index is 0.00000225. The summed E-state index contributed by atoms with van der Waals surface area (Å²) in [4.78, 5) is 6.78. The van der Waals surface area contributed by atoms with Crippen LogP contribution in [0.2, 0.25) is 0 Å². The van der Waals surface area contributed by atoms with Crippen molar-refractivity contribution < 1.29 is 0 Å². The second-order valence-corrected chi connectivity index (χ2v) is 7.32. The van der Waals surface area contributed by atoms with Crippen molar-refractivity contribution in [3.05, 3.63) is 51.7 Å². The van der Waals surface area contributed by atoms with E-state index in [9.17, 15) is 0 Å². The SMILES string of the molecule is CN(C)C(CN=C(N)Nc1cccc2c1CCCC2)c1ccsc1.I. The average Bonchev–Trinajstić information content (AvgIpc) is 3.09. The van der Waals surface area contributed by atoms with E-state index < -0.39 is 0 Å². The Morgan fingerprint density at radius 1 is 1.28 bits per heavy atom. The highest BCUT2D eigenvalue weighted by atomic mass is 127. The lowest BCUT2D eigenvalue weighted by Gasteiger charge is -2.22. The summed E-state index contributed by atoms with van der Waals surface area (Å²) >= 11 is 1.72. The van der Waals surface area contributed by atoms with Gasteiger partial charge in [-0.2, -0.15) is 11.3 Å². The topological polar surface area (TPSA) is 53.6 Å². The molecule has 0 radical (unpaired) electrons. The zero-order valence-corrected chi connectivity index (χ0v) is 18.0. The smallest absolute Gasteiger partial charge is 0.193 e. The maximum absolute atomic E-state index is 6.16. The zero-order chi connectivity index (χ0) is 16.9. The number of hydrogen-bond acceptors (Lipinski definition) is 3. The van der Waals surface area contributed by atoms with Gasteiger partial charge in [0.15, 0.2) is 5.96 Å². The maximum atomic E-state index is 6.16. The van der Waals surface area contributed by atoms with Gasteiger partial charge in [-0.15, -0.1) is 24.0 Å². The third-order valence-corrected chi connectivity index (χ3v) is 5.35. The van der Waals surface area contributed by atoms with Crippen LogP contribution in [-0.2, 0) is 12.8 Å². The first-order valence-electron chi connectivity index (χ1n) is 8.51. The number of hydrogen-bond donors (Lipinski definition) is 2. The van der Waals surface area contributed by atoms with Gasteiger partial charge in [0, 0.05) is 5.69 Å². The molecule has 0 saturated heterocycles. The second kappa shape index (κ2) is 9.54. The summed E-state index contributed by atoms with van der Waals surface area (Å²) in [5.41, 5.74) is 11.4. The molecular weight excluding hydrogens is 443 g/mol. The average molecular weight is 470 g/mol. The molecule has 4 nitrogen and oxygen atoms in total. The van der Waals surface area contributed by atoms with E-state index in [1.54, 1.807) is 11.3 Å². The van der Waals surface area contributed by atoms with Gasteiger partial charge in [0.1, 0.15) is 0 Å². The van der Waals surface area contributed by atoms with Crippen molar-refractivity contribution in [2.24, 2.45) is 10.7 Å². The monoisotopic (exact) mass is 470 g/mol. The van der Waals surface area contributed by atoms with Crippen molar-refractivity contribution in [1.29, 1.82) is 0 Å². The minimum atomic E-state index is 0. The quantitative estimate of drug-likeness (QED) is 0.390. The van der Waals surface area contributed by atoms with Gasteiger partial charge in [-0.05, 0) is 79.4 Å². The highest BCUT2D eigenvalue weighted by molar-refractivity contribution is 14.0. The molecule has 25 heavy (non-hydrogen) atoms. The number of fused-ring (bicyclic) bond motifs is 1. The van der Waals surface area contributed by atoms with Gasteiger partial charge < -0.3 is 16.0 Å². The molecule has 0 amide bonds. The first-order valence-corrected chi connectivity index (χ1v) is 9.45. The van der Waals surface area contributed by atoms with Gasteiger partial charge in [-0.1, -0.05) is 12.1 Å². The van der Waals surface area contributed by atoms with Crippen molar-refractivity contribution in [3.63, 3.8) is 0 Å². The number of guanidine groups is 1. The number of halogens is 1. The maximum Gasteiger partial charge on any atom is 0.193 e. The number of thiophene rings is 1.